The average Bonchev–Trinajstić information content (AvgIpc) is 2.74. The molecule has 15 heavy (non-hydrogen) atoms. The zero-order chi connectivity index (χ0) is 10.8. The van der Waals surface area contributed by atoms with E-state index in [1.165, 1.54) is 0 Å². The second kappa shape index (κ2) is 4.82. The standard InChI is InChI=1S/C11H8ClIOS/c12-9-5-7(1-2-10(9)13)11(14)8-3-4-15-6-8/h1-6,11,14H. The Balaban J connectivity index is 2.34. The highest BCUT2D eigenvalue weighted by molar-refractivity contribution is 14.1. The summed E-state index contributed by atoms with van der Waals surface area (Å²) in [7, 11) is 0. The summed E-state index contributed by atoms with van der Waals surface area (Å²) in [6.07, 6.45) is -0.578. The topological polar surface area (TPSA) is 20.2 Å². The number of aliphatic hydroxyl groups excluding tert-OH is 1. The van der Waals surface area contributed by atoms with Crippen molar-refractivity contribution in [2.24, 2.45) is 0 Å². The van der Waals surface area contributed by atoms with Gasteiger partial charge in [0.05, 0.1) is 5.02 Å². The fourth-order valence-electron chi connectivity index (χ4n) is 1.31. The predicted molar refractivity (Wildman–Crippen MR) is 72.5 cm³/mol. The molecule has 0 saturated carbocycles. The molecule has 0 radical (unpaired) electrons. The number of thiophene rings is 1. The minimum Gasteiger partial charge on any atom is -0.384 e. The third-order valence-corrected chi connectivity index (χ3v) is 4.39. The summed E-state index contributed by atoms with van der Waals surface area (Å²) in [6.45, 7) is 0. The van der Waals surface area contributed by atoms with Crippen LogP contribution in [0.1, 0.15) is 17.2 Å². The molecule has 1 atom stereocenters. The average molecular weight is 351 g/mol. The first-order valence-electron chi connectivity index (χ1n) is 4.33. The van der Waals surface area contributed by atoms with E-state index in [9.17, 15) is 5.11 Å². The van der Waals surface area contributed by atoms with Crippen LogP contribution in [0.3, 0.4) is 0 Å². The quantitative estimate of drug-likeness (QED) is 0.809. The van der Waals surface area contributed by atoms with Crippen molar-refractivity contribution in [2.75, 3.05) is 0 Å². The number of halogens is 2. The Morgan fingerprint density at radius 3 is 2.67 bits per heavy atom. The smallest absolute Gasteiger partial charge is 0.105 e. The minimum atomic E-state index is -0.578. The van der Waals surface area contributed by atoms with Crippen LogP contribution in [-0.2, 0) is 0 Å². The van der Waals surface area contributed by atoms with E-state index in [2.05, 4.69) is 22.6 Å². The summed E-state index contributed by atoms with van der Waals surface area (Å²) in [5.74, 6) is 0. The monoisotopic (exact) mass is 350 g/mol. The number of hydrogen-bond acceptors (Lipinski definition) is 2. The largest absolute Gasteiger partial charge is 0.384 e. The number of benzene rings is 1. The van der Waals surface area contributed by atoms with Crippen LogP contribution >= 0.6 is 45.5 Å². The molecule has 0 aliphatic carbocycles. The Morgan fingerprint density at radius 1 is 1.27 bits per heavy atom. The van der Waals surface area contributed by atoms with E-state index in [4.69, 9.17) is 11.6 Å². The van der Waals surface area contributed by atoms with Gasteiger partial charge < -0.3 is 5.11 Å². The molecule has 1 aromatic heterocycles. The zero-order valence-corrected chi connectivity index (χ0v) is 11.4. The van der Waals surface area contributed by atoms with E-state index in [-0.39, 0.29) is 0 Å². The lowest BCUT2D eigenvalue weighted by Crippen LogP contribution is -1.97. The molecule has 0 saturated heterocycles. The molecule has 2 aromatic rings. The van der Waals surface area contributed by atoms with Crippen LogP contribution in [0.15, 0.2) is 35.0 Å². The van der Waals surface area contributed by atoms with Crippen LogP contribution in [0.2, 0.25) is 5.02 Å². The Morgan fingerprint density at radius 2 is 2.07 bits per heavy atom. The van der Waals surface area contributed by atoms with Gasteiger partial charge in [-0.05, 0) is 62.7 Å². The summed E-state index contributed by atoms with van der Waals surface area (Å²) < 4.78 is 0.996. The van der Waals surface area contributed by atoms with Crippen LogP contribution in [0.25, 0.3) is 0 Å². The van der Waals surface area contributed by atoms with E-state index >= 15 is 0 Å². The van der Waals surface area contributed by atoms with Crippen molar-refractivity contribution in [1.29, 1.82) is 0 Å². The van der Waals surface area contributed by atoms with Gasteiger partial charge in [0.2, 0.25) is 0 Å². The van der Waals surface area contributed by atoms with Crippen molar-refractivity contribution in [2.45, 2.75) is 6.10 Å². The highest BCUT2D eigenvalue weighted by Crippen LogP contribution is 2.28. The molecule has 2 rings (SSSR count). The van der Waals surface area contributed by atoms with Gasteiger partial charge in [-0.2, -0.15) is 11.3 Å². The van der Waals surface area contributed by atoms with Crippen LogP contribution in [0.4, 0.5) is 0 Å². The third kappa shape index (κ3) is 2.53. The van der Waals surface area contributed by atoms with Crippen LogP contribution in [-0.4, -0.2) is 5.11 Å². The number of rotatable bonds is 2. The van der Waals surface area contributed by atoms with Gasteiger partial charge in [0, 0.05) is 3.57 Å². The first-order chi connectivity index (χ1) is 7.18. The molecule has 0 aliphatic heterocycles. The number of hydrogen-bond donors (Lipinski definition) is 1. The van der Waals surface area contributed by atoms with Crippen LogP contribution < -0.4 is 0 Å². The lowest BCUT2D eigenvalue weighted by atomic mass is 10.0. The normalized spacial score (nSPS) is 12.7. The maximum absolute atomic E-state index is 10.0. The lowest BCUT2D eigenvalue weighted by molar-refractivity contribution is 0.221. The van der Waals surface area contributed by atoms with Crippen molar-refractivity contribution >= 4 is 45.5 Å². The Labute approximate surface area is 111 Å². The maximum atomic E-state index is 10.0. The second-order valence-electron chi connectivity index (χ2n) is 3.13. The van der Waals surface area contributed by atoms with E-state index < -0.39 is 6.10 Å². The van der Waals surface area contributed by atoms with Crippen molar-refractivity contribution in [3.8, 4) is 0 Å². The molecule has 0 fully saturated rings. The van der Waals surface area contributed by atoms with E-state index in [0.29, 0.717) is 5.02 Å². The summed E-state index contributed by atoms with van der Waals surface area (Å²) >= 11 is 9.75. The molecular formula is C11H8ClIOS. The summed E-state index contributed by atoms with van der Waals surface area (Å²) in [5.41, 5.74) is 1.75. The molecule has 0 amide bonds. The van der Waals surface area contributed by atoms with Crippen LogP contribution in [0, 0.1) is 3.57 Å². The van der Waals surface area contributed by atoms with E-state index in [0.717, 1.165) is 14.7 Å². The Hall–Kier alpha value is -0.100. The third-order valence-electron chi connectivity index (χ3n) is 2.12. The minimum absolute atomic E-state index is 0.578. The molecule has 0 aliphatic rings. The predicted octanol–water partition coefficient (Wildman–Crippen LogP) is 4.09. The fourth-order valence-corrected chi connectivity index (χ4v) is 2.51. The SMILES string of the molecule is OC(c1ccsc1)c1ccc(I)c(Cl)c1. The highest BCUT2D eigenvalue weighted by atomic mass is 127. The van der Waals surface area contributed by atoms with Gasteiger partial charge in [0.1, 0.15) is 6.10 Å². The molecule has 1 nitrogen and oxygen atoms in total. The zero-order valence-electron chi connectivity index (χ0n) is 7.65. The highest BCUT2D eigenvalue weighted by Gasteiger charge is 2.11. The maximum Gasteiger partial charge on any atom is 0.105 e. The van der Waals surface area contributed by atoms with Crippen molar-refractivity contribution < 1.29 is 5.11 Å². The summed E-state index contributed by atoms with van der Waals surface area (Å²) in [5, 5.41) is 14.6. The van der Waals surface area contributed by atoms with Crippen molar-refractivity contribution in [1.82, 2.24) is 0 Å². The van der Waals surface area contributed by atoms with Gasteiger partial charge in [-0.3, -0.25) is 0 Å². The second-order valence-corrected chi connectivity index (χ2v) is 5.48. The summed E-state index contributed by atoms with van der Waals surface area (Å²) in [4.78, 5) is 0. The van der Waals surface area contributed by atoms with Crippen molar-refractivity contribution in [3.05, 3.63) is 54.7 Å². The Bertz CT molecular complexity index is 456. The van der Waals surface area contributed by atoms with Gasteiger partial charge in [-0.1, -0.05) is 17.7 Å². The fraction of sp³-hybridized carbons (Fsp3) is 0.0909. The molecule has 78 valence electrons. The molecule has 0 bridgehead atoms. The Kier molecular flexibility index (Phi) is 3.66. The first kappa shape index (κ1) is 11.4. The molecule has 0 spiro atoms. The molecular weight excluding hydrogens is 343 g/mol. The van der Waals surface area contributed by atoms with Gasteiger partial charge in [0.25, 0.3) is 0 Å². The molecule has 1 aromatic carbocycles. The van der Waals surface area contributed by atoms with E-state index in [1.807, 2.05) is 35.0 Å². The van der Waals surface area contributed by atoms with Gasteiger partial charge in [-0.15, -0.1) is 0 Å². The molecule has 1 N–H and O–H groups in total. The molecule has 4 heteroatoms. The van der Waals surface area contributed by atoms with Gasteiger partial charge in [-0.25, -0.2) is 0 Å². The molecule has 1 heterocycles. The molecule has 1 unspecified atom stereocenters. The number of aliphatic hydroxyl groups is 1. The van der Waals surface area contributed by atoms with Crippen molar-refractivity contribution in [3.63, 3.8) is 0 Å². The summed E-state index contributed by atoms with van der Waals surface area (Å²) in [6, 6.07) is 7.54. The van der Waals surface area contributed by atoms with Gasteiger partial charge >= 0.3 is 0 Å². The lowest BCUT2D eigenvalue weighted by Gasteiger charge is -2.10. The van der Waals surface area contributed by atoms with Crippen LogP contribution in [0.5, 0.6) is 0 Å². The van der Waals surface area contributed by atoms with Gasteiger partial charge in [0.15, 0.2) is 0 Å². The van der Waals surface area contributed by atoms with E-state index in [1.54, 1.807) is 11.3 Å². The first-order valence-corrected chi connectivity index (χ1v) is 6.73.